The van der Waals surface area contributed by atoms with Crippen LogP contribution in [-0.4, -0.2) is 24.9 Å². The van der Waals surface area contributed by atoms with E-state index in [2.05, 4.69) is 5.32 Å². The number of ketones is 1. The number of carbonyl (C=O) groups excluding carboxylic acids is 2. The van der Waals surface area contributed by atoms with Gasteiger partial charge in [0.15, 0.2) is 5.78 Å². The lowest BCUT2D eigenvalue weighted by Gasteiger charge is -2.17. The highest BCUT2D eigenvalue weighted by molar-refractivity contribution is 6.00. The van der Waals surface area contributed by atoms with Gasteiger partial charge >= 0.3 is 5.97 Å². The van der Waals surface area contributed by atoms with Crippen molar-refractivity contribution in [3.8, 4) is 0 Å². The average Bonchev–Trinajstić information content (AvgIpc) is 2.18. The summed E-state index contributed by atoms with van der Waals surface area (Å²) in [6, 6.07) is 0. The predicted molar refractivity (Wildman–Crippen MR) is 56.1 cm³/mol. The molecular weight excluding hydrogens is 194 g/mol. The van der Waals surface area contributed by atoms with Crippen molar-refractivity contribution in [3.63, 3.8) is 0 Å². The molecule has 0 bridgehead atoms. The summed E-state index contributed by atoms with van der Waals surface area (Å²) < 4.78 is 4.86. The highest BCUT2D eigenvalue weighted by atomic mass is 16.5. The summed E-state index contributed by atoms with van der Waals surface area (Å²) >= 11 is 0. The summed E-state index contributed by atoms with van der Waals surface area (Å²) in [4.78, 5) is 22.6. The van der Waals surface area contributed by atoms with Gasteiger partial charge in [0, 0.05) is 17.8 Å². The zero-order chi connectivity index (χ0) is 11.4. The van der Waals surface area contributed by atoms with Crippen molar-refractivity contribution in [2.45, 2.75) is 20.8 Å². The van der Waals surface area contributed by atoms with Crippen molar-refractivity contribution in [1.82, 2.24) is 5.32 Å². The van der Waals surface area contributed by atoms with Gasteiger partial charge in [-0.15, -0.1) is 0 Å². The Balaban J connectivity index is 2.91. The first-order valence-corrected chi connectivity index (χ1v) is 4.89. The Bertz CT molecular complexity index is 353. The van der Waals surface area contributed by atoms with Crippen LogP contribution in [0, 0.1) is 0 Å². The fraction of sp³-hybridized carbons (Fsp3) is 0.455. The number of carbonyl (C=O) groups is 2. The van der Waals surface area contributed by atoms with Gasteiger partial charge in [0.25, 0.3) is 0 Å². The highest BCUT2D eigenvalue weighted by Gasteiger charge is 2.18. The number of hydrogen-bond acceptors (Lipinski definition) is 4. The van der Waals surface area contributed by atoms with Crippen molar-refractivity contribution in [2.75, 3.05) is 13.2 Å². The monoisotopic (exact) mass is 209 g/mol. The molecule has 0 aromatic heterocycles. The number of dihydropyridines is 1. The zero-order valence-electron chi connectivity index (χ0n) is 9.22. The molecular formula is C11H15NO3. The number of Topliss-reactive ketones (excluding diaryl/α,β-unsaturated/α-hetero) is 1. The van der Waals surface area contributed by atoms with Gasteiger partial charge in [-0.05, 0) is 26.8 Å². The Morgan fingerprint density at radius 2 is 2.20 bits per heavy atom. The average molecular weight is 209 g/mol. The van der Waals surface area contributed by atoms with E-state index >= 15 is 0 Å². The standard InChI is InChI=1S/C11H15NO3/c1-4-15-11(14)9-5-10(8(3)13)7(2)12-6-9/h5,12H,4,6H2,1-3H3. The van der Waals surface area contributed by atoms with Crippen LogP contribution in [-0.2, 0) is 14.3 Å². The van der Waals surface area contributed by atoms with Crippen LogP contribution < -0.4 is 5.32 Å². The molecule has 1 rings (SSSR count). The normalized spacial score (nSPS) is 15.5. The molecule has 82 valence electrons. The van der Waals surface area contributed by atoms with Crippen LogP contribution in [0.1, 0.15) is 20.8 Å². The van der Waals surface area contributed by atoms with Crippen molar-refractivity contribution < 1.29 is 14.3 Å². The number of rotatable bonds is 3. The largest absolute Gasteiger partial charge is 0.463 e. The first-order valence-electron chi connectivity index (χ1n) is 4.89. The van der Waals surface area contributed by atoms with Gasteiger partial charge in [-0.3, -0.25) is 4.79 Å². The smallest absolute Gasteiger partial charge is 0.335 e. The van der Waals surface area contributed by atoms with E-state index in [9.17, 15) is 9.59 Å². The molecule has 0 aromatic carbocycles. The SMILES string of the molecule is CCOC(=O)C1=CC(C(C)=O)=C(C)NC1. The molecule has 1 aliphatic rings. The van der Waals surface area contributed by atoms with E-state index < -0.39 is 0 Å². The summed E-state index contributed by atoms with van der Waals surface area (Å²) in [5.74, 6) is -0.419. The molecule has 4 heteroatoms. The molecule has 0 saturated heterocycles. The number of hydrogen-bond donors (Lipinski definition) is 1. The lowest BCUT2D eigenvalue weighted by molar-refractivity contribution is -0.138. The second-order valence-electron chi connectivity index (χ2n) is 3.34. The van der Waals surface area contributed by atoms with E-state index in [1.54, 1.807) is 13.0 Å². The van der Waals surface area contributed by atoms with Gasteiger partial charge in [-0.1, -0.05) is 0 Å². The molecule has 0 aliphatic carbocycles. The lowest BCUT2D eigenvalue weighted by atomic mass is 10.0. The highest BCUT2D eigenvalue weighted by Crippen LogP contribution is 2.14. The minimum Gasteiger partial charge on any atom is -0.463 e. The topological polar surface area (TPSA) is 55.4 Å². The van der Waals surface area contributed by atoms with Crippen molar-refractivity contribution in [3.05, 3.63) is 22.9 Å². The molecule has 0 aromatic rings. The van der Waals surface area contributed by atoms with Crippen molar-refractivity contribution in [1.29, 1.82) is 0 Å². The molecule has 0 amide bonds. The van der Waals surface area contributed by atoms with E-state index in [1.165, 1.54) is 6.92 Å². The molecule has 0 atom stereocenters. The number of ether oxygens (including phenoxy) is 1. The summed E-state index contributed by atoms with van der Waals surface area (Å²) in [5, 5.41) is 2.99. The van der Waals surface area contributed by atoms with Gasteiger partial charge in [-0.2, -0.15) is 0 Å². The third-order valence-electron chi connectivity index (χ3n) is 2.18. The Hall–Kier alpha value is -1.58. The summed E-state index contributed by atoms with van der Waals surface area (Å²) in [7, 11) is 0. The first kappa shape index (κ1) is 11.5. The Kier molecular flexibility index (Phi) is 3.66. The quantitative estimate of drug-likeness (QED) is 0.703. The molecule has 1 aliphatic heterocycles. The second-order valence-corrected chi connectivity index (χ2v) is 3.34. The third-order valence-corrected chi connectivity index (χ3v) is 2.18. The van der Waals surface area contributed by atoms with Crippen LogP contribution in [0.4, 0.5) is 0 Å². The zero-order valence-corrected chi connectivity index (χ0v) is 9.22. The first-order chi connectivity index (χ1) is 7.06. The van der Waals surface area contributed by atoms with Crippen molar-refractivity contribution >= 4 is 11.8 Å². The summed E-state index contributed by atoms with van der Waals surface area (Å²) in [6.45, 7) is 5.80. The van der Waals surface area contributed by atoms with E-state index in [1.807, 2.05) is 6.92 Å². The third kappa shape index (κ3) is 2.68. The van der Waals surface area contributed by atoms with Gasteiger partial charge in [0.1, 0.15) is 0 Å². The minimum absolute atomic E-state index is 0.0542. The fourth-order valence-corrected chi connectivity index (χ4v) is 1.38. The lowest BCUT2D eigenvalue weighted by Crippen LogP contribution is -2.27. The fourth-order valence-electron chi connectivity index (χ4n) is 1.38. The van der Waals surface area contributed by atoms with Crippen LogP contribution in [0.5, 0.6) is 0 Å². The molecule has 0 saturated carbocycles. The summed E-state index contributed by atoms with van der Waals surface area (Å²) in [5.41, 5.74) is 1.84. The molecule has 1 N–H and O–H groups in total. The van der Waals surface area contributed by atoms with E-state index in [0.717, 1.165) is 5.70 Å². The molecule has 0 unspecified atom stereocenters. The number of esters is 1. The molecule has 0 fully saturated rings. The Labute approximate surface area is 89.0 Å². The van der Waals surface area contributed by atoms with Crippen molar-refractivity contribution in [2.24, 2.45) is 0 Å². The number of nitrogens with one attached hydrogen (secondary N) is 1. The molecule has 4 nitrogen and oxygen atoms in total. The number of allylic oxidation sites excluding steroid dienone is 3. The van der Waals surface area contributed by atoms with Crippen LogP contribution in [0.15, 0.2) is 22.9 Å². The van der Waals surface area contributed by atoms with Crippen LogP contribution in [0.3, 0.4) is 0 Å². The Morgan fingerprint density at radius 1 is 1.53 bits per heavy atom. The second kappa shape index (κ2) is 4.77. The maximum atomic E-state index is 11.4. The molecule has 0 radical (unpaired) electrons. The van der Waals surface area contributed by atoms with Crippen LogP contribution in [0.2, 0.25) is 0 Å². The van der Waals surface area contributed by atoms with Crippen LogP contribution >= 0.6 is 0 Å². The van der Waals surface area contributed by atoms with Crippen LogP contribution in [0.25, 0.3) is 0 Å². The van der Waals surface area contributed by atoms with Gasteiger partial charge < -0.3 is 10.1 Å². The van der Waals surface area contributed by atoms with Gasteiger partial charge in [0.2, 0.25) is 0 Å². The minimum atomic E-state index is -0.365. The van der Waals surface area contributed by atoms with Gasteiger partial charge in [-0.25, -0.2) is 4.79 Å². The maximum Gasteiger partial charge on any atom is 0.335 e. The summed E-state index contributed by atoms with van der Waals surface area (Å²) in [6.07, 6.45) is 1.60. The van der Waals surface area contributed by atoms with E-state index in [-0.39, 0.29) is 11.8 Å². The Morgan fingerprint density at radius 3 is 2.73 bits per heavy atom. The molecule has 0 spiro atoms. The maximum absolute atomic E-state index is 11.4. The predicted octanol–water partition coefficient (Wildman–Crippen LogP) is 0.942. The van der Waals surface area contributed by atoms with E-state index in [4.69, 9.17) is 4.74 Å². The van der Waals surface area contributed by atoms with E-state index in [0.29, 0.717) is 24.3 Å². The molecule has 15 heavy (non-hydrogen) atoms. The van der Waals surface area contributed by atoms with Gasteiger partial charge in [0.05, 0.1) is 12.2 Å². The molecule has 1 heterocycles.